The monoisotopic (exact) mass is 381 g/mol. The summed E-state index contributed by atoms with van der Waals surface area (Å²) in [6.07, 6.45) is 4.16. The lowest BCUT2D eigenvalue weighted by Gasteiger charge is -2.16. The molecule has 1 saturated carbocycles. The molecular formula is C21H23N3O4. The highest BCUT2D eigenvalue weighted by Crippen LogP contribution is 2.32. The number of amides is 3. The van der Waals surface area contributed by atoms with Crippen molar-refractivity contribution < 1.29 is 18.8 Å². The number of furan rings is 1. The van der Waals surface area contributed by atoms with E-state index in [4.69, 9.17) is 4.42 Å². The van der Waals surface area contributed by atoms with Crippen molar-refractivity contribution in [3.8, 4) is 0 Å². The molecule has 1 saturated heterocycles. The van der Waals surface area contributed by atoms with E-state index in [0.29, 0.717) is 30.3 Å². The van der Waals surface area contributed by atoms with E-state index in [-0.39, 0.29) is 29.4 Å². The first-order valence-corrected chi connectivity index (χ1v) is 9.54. The molecule has 7 nitrogen and oxygen atoms in total. The summed E-state index contributed by atoms with van der Waals surface area (Å²) in [4.78, 5) is 38.5. The maximum Gasteiger partial charge on any atom is 0.291 e. The van der Waals surface area contributed by atoms with Gasteiger partial charge in [-0.1, -0.05) is 0 Å². The summed E-state index contributed by atoms with van der Waals surface area (Å²) in [6, 6.07) is 8.79. The largest absolute Gasteiger partial charge is 0.459 e. The van der Waals surface area contributed by atoms with Gasteiger partial charge < -0.3 is 20.0 Å². The normalized spacial score (nSPS) is 19.0. The first kappa shape index (κ1) is 18.3. The van der Waals surface area contributed by atoms with Gasteiger partial charge in [0.25, 0.3) is 11.8 Å². The van der Waals surface area contributed by atoms with Gasteiger partial charge in [-0.05, 0) is 55.7 Å². The highest BCUT2D eigenvalue weighted by molar-refractivity contribution is 6.03. The number of hydrogen-bond donors (Lipinski definition) is 2. The molecule has 2 heterocycles. The molecule has 2 N–H and O–H groups in total. The standard InChI is InChI=1S/C21H23N3O4/c1-13-9-15(4-7-17(13)23-21(27)18-3-2-8-28-18)20(26)22-11-14-10-19(25)24(12-14)16-5-6-16/h2-4,7-9,14,16H,5-6,10-12H2,1H3,(H,22,26)(H,23,27)/t14-/m0/s1. The van der Waals surface area contributed by atoms with E-state index in [1.165, 1.54) is 6.26 Å². The molecule has 1 aliphatic heterocycles. The second kappa shape index (κ2) is 7.50. The molecule has 0 bridgehead atoms. The maximum atomic E-state index is 12.5. The molecule has 2 aliphatic rings. The van der Waals surface area contributed by atoms with Crippen LogP contribution in [0.5, 0.6) is 0 Å². The smallest absolute Gasteiger partial charge is 0.291 e. The second-order valence-corrected chi connectivity index (χ2v) is 7.52. The Kier molecular flexibility index (Phi) is 4.90. The SMILES string of the molecule is Cc1cc(C(=O)NC[C@@H]2CC(=O)N(C3CC3)C2)ccc1NC(=O)c1ccco1. The lowest BCUT2D eigenvalue weighted by atomic mass is 10.1. The van der Waals surface area contributed by atoms with E-state index in [1.807, 2.05) is 11.8 Å². The summed E-state index contributed by atoms with van der Waals surface area (Å²) >= 11 is 0. The highest BCUT2D eigenvalue weighted by Gasteiger charge is 2.39. The topological polar surface area (TPSA) is 91.7 Å². The van der Waals surface area contributed by atoms with Crippen molar-refractivity contribution in [1.82, 2.24) is 10.2 Å². The Morgan fingerprint density at radius 1 is 1.21 bits per heavy atom. The van der Waals surface area contributed by atoms with E-state index in [1.54, 1.807) is 30.3 Å². The first-order chi connectivity index (χ1) is 13.5. The fourth-order valence-electron chi connectivity index (χ4n) is 3.56. The minimum atomic E-state index is -0.337. The molecule has 2 fully saturated rings. The summed E-state index contributed by atoms with van der Waals surface area (Å²) in [7, 11) is 0. The van der Waals surface area contributed by atoms with E-state index in [9.17, 15) is 14.4 Å². The van der Waals surface area contributed by atoms with Crippen molar-refractivity contribution in [1.29, 1.82) is 0 Å². The Bertz CT molecular complexity index is 902. The molecule has 0 unspecified atom stereocenters. The van der Waals surface area contributed by atoms with E-state index < -0.39 is 0 Å². The Morgan fingerprint density at radius 2 is 2.04 bits per heavy atom. The van der Waals surface area contributed by atoms with Gasteiger partial charge in [-0.2, -0.15) is 0 Å². The number of carbonyl (C=O) groups excluding carboxylic acids is 3. The van der Waals surface area contributed by atoms with E-state index in [0.717, 1.165) is 24.9 Å². The summed E-state index contributed by atoms with van der Waals surface area (Å²) < 4.78 is 5.08. The molecule has 4 rings (SSSR count). The van der Waals surface area contributed by atoms with Crippen LogP contribution in [0.4, 0.5) is 5.69 Å². The van der Waals surface area contributed by atoms with Gasteiger partial charge in [-0.25, -0.2) is 0 Å². The van der Waals surface area contributed by atoms with Crippen LogP contribution in [0.1, 0.15) is 45.7 Å². The molecule has 3 amide bonds. The van der Waals surface area contributed by atoms with Gasteiger partial charge in [-0.3, -0.25) is 14.4 Å². The number of hydrogen-bond acceptors (Lipinski definition) is 4. The molecular weight excluding hydrogens is 358 g/mol. The predicted octanol–water partition coefficient (Wildman–Crippen LogP) is 2.58. The molecule has 0 spiro atoms. The van der Waals surface area contributed by atoms with Crippen LogP contribution in [0.25, 0.3) is 0 Å². The molecule has 1 aromatic carbocycles. The van der Waals surface area contributed by atoms with Crippen LogP contribution < -0.4 is 10.6 Å². The fourth-order valence-corrected chi connectivity index (χ4v) is 3.56. The lowest BCUT2D eigenvalue weighted by molar-refractivity contribution is -0.128. The van der Waals surface area contributed by atoms with Gasteiger partial charge in [0.2, 0.25) is 5.91 Å². The summed E-state index contributed by atoms with van der Waals surface area (Å²) in [6.45, 7) is 3.06. The number of aryl methyl sites for hydroxylation is 1. The molecule has 146 valence electrons. The van der Waals surface area contributed by atoms with Crippen molar-refractivity contribution in [2.75, 3.05) is 18.4 Å². The van der Waals surface area contributed by atoms with Crippen LogP contribution in [0, 0.1) is 12.8 Å². The van der Waals surface area contributed by atoms with Crippen molar-refractivity contribution in [3.63, 3.8) is 0 Å². The summed E-state index contributed by atoms with van der Waals surface area (Å²) in [5, 5.41) is 5.71. The average molecular weight is 381 g/mol. The van der Waals surface area contributed by atoms with Gasteiger partial charge in [0, 0.05) is 42.7 Å². The number of anilines is 1. The zero-order chi connectivity index (χ0) is 19.7. The number of carbonyl (C=O) groups is 3. The van der Waals surface area contributed by atoms with Gasteiger partial charge in [-0.15, -0.1) is 0 Å². The van der Waals surface area contributed by atoms with E-state index in [2.05, 4.69) is 10.6 Å². The summed E-state index contributed by atoms with van der Waals surface area (Å²) in [5.74, 6) is 0.0903. The molecule has 0 radical (unpaired) electrons. The van der Waals surface area contributed by atoms with E-state index >= 15 is 0 Å². The van der Waals surface area contributed by atoms with Crippen LogP contribution in [0.3, 0.4) is 0 Å². The van der Waals surface area contributed by atoms with Gasteiger partial charge in [0.15, 0.2) is 5.76 Å². The summed E-state index contributed by atoms with van der Waals surface area (Å²) in [5.41, 5.74) is 1.93. The number of rotatable bonds is 6. The van der Waals surface area contributed by atoms with Crippen LogP contribution in [-0.4, -0.2) is 41.8 Å². The molecule has 1 aliphatic carbocycles. The van der Waals surface area contributed by atoms with Crippen LogP contribution in [0.2, 0.25) is 0 Å². The minimum absolute atomic E-state index is 0.171. The quantitative estimate of drug-likeness (QED) is 0.805. The molecule has 1 atom stereocenters. The first-order valence-electron chi connectivity index (χ1n) is 9.54. The van der Waals surface area contributed by atoms with Crippen LogP contribution in [0.15, 0.2) is 41.0 Å². The third-order valence-electron chi connectivity index (χ3n) is 5.26. The minimum Gasteiger partial charge on any atom is -0.459 e. The van der Waals surface area contributed by atoms with Crippen LogP contribution in [-0.2, 0) is 4.79 Å². The van der Waals surface area contributed by atoms with Gasteiger partial charge in [0.05, 0.1) is 6.26 Å². The second-order valence-electron chi connectivity index (χ2n) is 7.52. The Hall–Kier alpha value is -3.09. The zero-order valence-electron chi connectivity index (χ0n) is 15.7. The van der Waals surface area contributed by atoms with Crippen molar-refractivity contribution in [3.05, 3.63) is 53.5 Å². The number of nitrogens with zero attached hydrogens (tertiary/aromatic N) is 1. The van der Waals surface area contributed by atoms with Gasteiger partial charge in [0.1, 0.15) is 0 Å². The van der Waals surface area contributed by atoms with Crippen molar-refractivity contribution in [2.45, 2.75) is 32.2 Å². The molecule has 2 aromatic rings. The maximum absolute atomic E-state index is 12.5. The highest BCUT2D eigenvalue weighted by atomic mass is 16.3. The molecule has 1 aromatic heterocycles. The Morgan fingerprint density at radius 3 is 2.71 bits per heavy atom. The van der Waals surface area contributed by atoms with Crippen molar-refractivity contribution in [2.24, 2.45) is 5.92 Å². The number of nitrogens with one attached hydrogen (secondary N) is 2. The number of likely N-dealkylation sites (tertiary alicyclic amines) is 1. The average Bonchev–Trinajstić information content (AvgIpc) is 3.22. The van der Waals surface area contributed by atoms with Gasteiger partial charge >= 0.3 is 0 Å². The number of benzene rings is 1. The van der Waals surface area contributed by atoms with Crippen molar-refractivity contribution >= 4 is 23.4 Å². The Balaban J connectivity index is 1.32. The third kappa shape index (κ3) is 3.93. The zero-order valence-corrected chi connectivity index (χ0v) is 15.7. The Labute approximate surface area is 163 Å². The third-order valence-corrected chi connectivity index (χ3v) is 5.26. The molecule has 28 heavy (non-hydrogen) atoms. The van der Waals surface area contributed by atoms with Crippen LogP contribution >= 0.6 is 0 Å². The lowest BCUT2D eigenvalue weighted by Crippen LogP contribution is -2.32. The molecule has 7 heteroatoms. The predicted molar refractivity (Wildman–Crippen MR) is 103 cm³/mol. The fraction of sp³-hybridized carbons (Fsp3) is 0.381.